The fourth-order valence-corrected chi connectivity index (χ4v) is 2.74. The Balaban J connectivity index is 1.50. The van der Waals surface area contributed by atoms with E-state index in [9.17, 15) is 8.78 Å². The van der Waals surface area contributed by atoms with Gasteiger partial charge in [-0.3, -0.25) is 5.10 Å². The number of benzene rings is 2. The highest BCUT2D eigenvalue weighted by atomic mass is 19.3. The van der Waals surface area contributed by atoms with Crippen LogP contribution in [0, 0.1) is 0 Å². The van der Waals surface area contributed by atoms with Crippen molar-refractivity contribution >= 4 is 10.9 Å². The van der Waals surface area contributed by atoms with E-state index in [1.165, 1.54) is 17.5 Å². The number of para-hydroxylation sites is 1. The topological polar surface area (TPSA) is 40.7 Å². The number of hydrogen-bond donors (Lipinski definition) is 2. The standard InChI is InChI=1S/C19H21F2N3/c1-13(22-12-14-7-9-15(10-8-14)19(20)21)6-11-18-16-4-2-3-5-17(16)23-24-18/h2-5,7-10,13,19,22H,6,11-12H2,1H3,(H,23,24). The Morgan fingerprint density at radius 3 is 2.58 bits per heavy atom. The van der Waals surface area contributed by atoms with E-state index in [1.807, 2.05) is 18.2 Å². The van der Waals surface area contributed by atoms with Crippen molar-refractivity contribution in [1.29, 1.82) is 0 Å². The van der Waals surface area contributed by atoms with Gasteiger partial charge >= 0.3 is 0 Å². The molecular weight excluding hydrogens is 308 g/mol. The van der Waals surface area contributed by atoms with Crippen LogP contribution in [0.15, 0.2) is 48.5 Å². The monoisotopic (exact) mass is 329 g/mol. The van der Waals surface area contributed by atoms with Gasteiger partial charge in [-0.25, -0.2) is 8.78 Å². The first-order valence-corrected chi connectivity index (χ1v) is 8.16. The molecule has 0 bridgehead atoms. The number of nitrogens with zero attached hydrogens (tertiary/aromatic N) is 1. The Kier molecular flexibility index (Phi) is 5.20. The zero-order valence-electron chi connectivity index (χ0n) is 13.6. The maximum Gasteiger partial charge on any atom is 0.263 e. The number of H-pyrrole nitrogens is 1. The van der Waals surface area contributed by atoms with Crippen LogP contribution in [-0.4, -0.2) is 16.2 Å². The van der Waals surface area contributed by atoms with Crippen LogP contribution in [0.25, 0.3) is 10.9 Å². The van der Waals surface area contributed by atoms with Crippen molar-refractivity contribution in [2.75, 3.05) is 0 Å². The molecule has 2 aromatic carbocycles. The maximum absolute atomic E-state index is 12.5. The second kappa shape index (κ2) is 7.53. The molecule has 2 N–H and O–H groups in total. The molecule has 0 radical (unpaired) electrons. The molecule has 0 spiro atoms. The second-order valence-corrected chi connectivity index (χ2v) is 6.08. The molecule has 126 valence electrons. The smallest absolute Gasteiger partial charge is 0.263 e. The van der Waals surface area contributed by atoms with Crippen molar-refractivity contribution in [3.63, 3.8) is 0 Å². The minimum atomic E-state index is -2.41. The Hall–Kier alpha value is -2.27. The highest BCUT2D eigenvalue weighted by molar-refractivity contribution is 5.81. The number of nitrogens with one attached hydrogen (secondary N) is 2. The van der Waals surface area contributed by atoms with E-state index >= 15 is 0 Å². The van der Waals surface area contributed by atoms with Gasteiger partial charge < -0.3 is 5.32 Å². The number of aryl methyl sites for hydroxylation is 1. The van der Waals surface area contributed by atoms with Gasteiger partial charge in [0, 0.05) is 29.2 Å². The highest BCUT2D eigenvalue weighted by Gasteiger charge is 2.08. The first-order chi connectivity index (χ1) is 11.6. The third-order valence-electron chi connectivity index (χ3n) is 4.25. The molecule has 0 saturated heterocycles. The van der Waals surface area contributed by atoms with E-state index in [4.69, 9.17) is 0 Å². The van der Waals surface area contributed by atoms with E-state index < -0.39 is 6.43 Å². The molecule has 3 nitrogen and oxygen atoms in total. The number of halogens is 2. The summed E-state index contributed by atoms with van der Waals surface area (Å²) in [4.78, 5) is 0. The molecule has 3 aromatic rings. The van der Waals surface area contributed by atoms with Gasteiger partial charge in [-0.05, 0) is 31.4 Å². The summed E-state index contributed by atoms with van der Waals surface area (Å²) in [6.45, 7) is 2.81. The average molecular weight is 329 g/mol. The van der Waals surface area contributed by atoms with E-state index in [1.54, 1.807) is 12.1 Å². The molecule has 24 heavy (non-hydrogen) atoms. The largest absolute Gasteiger partial charge is 0.310 e. The van der Waals surface area contributed by atoms with Gasteiger partial charge in [0.2, 0.25) is 0 Å². The van der Waals surface area contributed by atoms with Crippen molar-refractivity contribution in [1.82, 2.24) is 15.5 Å². The lowest BCUT2D eigenvalue weighted by Crippen LogP contribution is -2.26. The van der Waals surface area contributed by atoms with Gasteiger partial charge in [-0.2, -0.15) is 5.10 Å². The molecular formula is C19H21F2N3. The van der Waals surface area contributed by atoms with Gasteiger partial charge in [-0.15, -0.1) is 0 Å². The van der Waals surface area contributed by atoms with E-state index in [0.717, 1.165) is 29.6 Å². The van der Waals surface area contributed by atoms with Crippen LogP contribution < -0.4 is 5.32 Å². The van der Waals surface area contributed by atoms with Gasteiger partial charge in [0.05, 0.1) is 5.52 Å². The summed E-state index contributed by atoms with van der Waals surface area (Å²) >= 11 is 0. The minimum Gasteiger partial charge on any atom is -0.310 e. The molecule has 1 unspecified atom stereocenters. The van der Waals surface area contributed by atoms with Crippen molar-refractivity contribution in [3.8, 4) is 0 Å². The van der Waals surface area contributed by atoms with Crippen molar-refractivity contribution in [2.45, 2.75) is 38.8 Å². The quantitative estimate of drug-likeness (QED) is 0.664. The fraction of sp³-hybridized carbons (Fsp3) is 0.316. The predicted molar refractivity (Wildman–Crippen MR) is 92.1 cm³/mol. The molecule has 1 atom stereocenters. The first-order valence-electron chi connectivity index (χ1n) is 8.16. The van der Waals surface area contributed by atoms with Crippen LogP contribution >= 0.6 is 0 Å². The third kappa shape index (κ3) is 3.97. The number of aromatic amines is 1. The van der Waals surface area contributed by atoms with E-state index in [-0.39, 0.29) is 5.56 Å². The number of hydrogen-bond acceptors (Lipinski definition) is 2. The summed E-state index contributed by atoms with van der Waals surface area (Å²) in [6.07, 6.45) is -0.518. The average Bonchev–Trinajstić information content (AvgIpc) is 3.01. The zero-order chi connectivity index (χ0) is 16.9. The molecule has 5 heteroatoms. The normalized spacial score (nSPS) is 12.8. The number of alkyl halides is 2. The summed E-state index contributed by atoms with van der Waals surface area (Å²) in [5.74, 6) is 0. The van der Waals surface area contributed by atoms with E-state index in [0.29, 0.717) is 12.6 Å². The summed E-state index contributed by atoms with van der Waals surface area (Å²) < 4.78 is 25.1. The van der Waals surface area contributed by atoms with Gasteiger partial charge in [0.15, 0.2) is 0 Å². The van der Waals surface area contributed by atoms with Crippen LogP contribution in [0.5, 0.6) is 0 Å². The molecule has 0 amide bonds. The Morgan fingerprint density at radius 1 is 1.08 bits per heavy atom. The summed E-state index contributed by atoms with van der Waals surface area (Å²) in [6, 6.07) is 14.9. The molecule has 0 aliphatic rings. The van der Waals surface area contributed by atoms with Crippen LogP contribution in [0.1, 0.15) is 36.6 Å². The van der Waals surface area contributed by atoms with Crippen molar-refractivity contribution in [2.24, 2.45) is 0 Å². The van der Waals surface area contributed by atoms with Gasteiger partial charge in [0.25, 0.3) is 6.43 Å². The van der Waals surface area contributed by atoms with E-state index in [2.05, 4.69) is 28.5 Å². The van der Waals surface area contributed by atoms with Crippen LogP contribution in [0.3, 0.4) is 0 Å². The van der Waals surface area contributed by atoms with Crippen LogP contribution in [0.4, 0.5) is 8.78 Å². The first kappa shape index (κ1) is 16.6. The second-order valence-electron chi connectivity index (χ2n) is 6.08. The highest BCUT2D eigenvalue weighted by Crippen LogP contribution is 2.19. The Labute approximate surface area is 140 Å². The lowest BCUT2D eigenvalue weighted by molar-refractivity contribution is 0.151. The van der Waals surface area contributed by atoms with Crippen LogP contribution in [-0.2, 0) is 13.0 Å². The van der Waals surface area contributed by atoms with Gasteiger partial charge in [0.1, 0.15) is 0 Å². The summed E-state index contributed by atoms with van der Waals surface area (Å²) in [5.41, 5.74) is 3.23. The minimum absolute atomic E-state index is 0.0675. The van der Waals surface area contributed by atoms with Gasteiger partial charge in [-0.1, -0.05) is 42.5 Å². The summed E-state index contributed by atoms with van der Waals surface area (Å²) in [5, 5.41) is 12.0. The molecule has 3 rings (SSSR count). The summed E-state index contributed by atoms with van der Waals surface area (Å²) in [7, 11) is 0. The number of aromatic nitrogens is 2. The molecule has 0 saturated carbocycles. The maximum atomic E-state index is 12.5. The molecule has 0 aliphatic heterocycles. The third-order valence-corrected chi connectivity index (χ3v) is 4.25. The molecule has 0 fully saturated rings. The number of rotatable bonds is 7. The predicted octanol–water partition coefficient (Wildman–Crippen LogP) is 4.61. The SMILES string of the molecule is CC(CCc1[nH]nc2ccccc12)NCc1ccc(C(F)F)cc1. The lowest BCUT2D eigenvalue weighted by Gasteiger charge is -2.13. The Morgan fingerprint density at radius 2 is 1.83 bits per heavy atom. The zero-order valence-corrected chi connectivity index (χ0v) is 13.6. The molecule has 1 aromatic heterocycles. The lowest BCUT2D eigenvalue weighted by atomic mass is 10.1. The Bertz CT molecular complexity index is 781. The molecule has 1 heterocycles. The number of fused-ring (bicyclic) bond motifs is 1. The molecule has 0 aliphatic carbocycles. The van der Waals surface area contributed by atoms with Crippen molar-refractivity contribution < 1.29 is 8.78 Å². The van der Waals surface area contributed by atoms with Crippen LogP contribution in [0.2, 0.25) is 0 Å². The van der Waals surface area contributed by atoms with Crippen molar-refractivity contribution in [3.05, 3.63) is 65.4 Å². The fourth-order valence-electron chi connectivity index (χ4n) is 2.74.